The van der Waals surface area contributed by atoms with Crippen LogP contribution in [0.3, 0.4) is 0 Å². The van der Waals surface area contributed by atoms with E-state index < -0.39 is 0 Å². The minimum Gasteiger partial charge on any atom is -0.396 e. The van der Waals surface area contributed by atoms with Crippen molar-refractivity contribution in [1.29, 1.82) is 0 Å². The van der Waals surface area contributed by atoms with Crippen molar-refractivity contribution in [2.24, 2.45) is 34.5 Å². The molecule has 0 amide bonds. The monoisotopic (exact) mass is 320 g/mol. The Hall–Kier alpha value is -0.380. The van der Waals surface area contributed by atoms with Gasteiger partial charge in [0.05, 0.1) is 12.2 Å². The van der Waals surface area contributed by atoms with E-state index in [1.807, 2.05) is 0 Å². The standard InChI is InChI=1S/C20H32O3/c1-19-7-5-14(22)10-13(19)9-12(11-21)18-15-3-4-17(23)20(15,2)8-6-16(18)19/h9,12,14-18,21-23H,3-8,10-11H2,1-2H3/t12-,14+,15?,16?,17+,18?,19+,20+/m1/s1. The lowest BCUT2D eigenvalue weighted by atomic mass is 9.46. The Bertz CT molecular complexity index is 515. The van der Waals surface area contributed by atoms with Crippen molar-refractivity contribution in [2.75, 3.05) is 6.61 Å². The molecule has 0 aromatic rings. The Kier molecular flexibility index (Phi) is 3.72. The molecule has 3 saturated carbocycles. The second-order valence-electron chi connectivity index (χ2n) is 9.28. The van der Waals surface area contributed by atoms with Crippen molar-refractivity contribution in [2.45, 2.75) is 71.0 Å². The highest BCUT2D eigenvalue weighted by Gasteiger charge is 2.60. The highest BCUT2D eigenvalue weighted by atomic mass is 16.3. The minimum absolute atomic E-state index is 0.0461. The molecule has 0 heterocycles. The van der Waals surface area contributed by atoms with Gasteiger partial charge in [-0.1, -0.05) is 25.5 Å². The summed E-state index contributed by atoms with van der Waals surface area (Å²) in [5.41, 5.74) is 1.65. The molecule has 4 aliphatic carbocycles. The van der Waals surface area contributed by atoms with Crippen LogP contribution in [0.25, 0.3) is 0 Å². The fourth-order valence-corrected chi connectivity index (χ4v) is 6.95. The van der Waals surface area contributed by atoms with Crippen molar-refractivity contribution >= 4 is 0 Å². The highest BCUT2D eigenvalue weighted by molar-refractivity contribution is 5.27. The third kappa shape index (κ3) is 2.12. The zero-order chi connectivity index (χ0) is 16.4. The maximum atomic E-state index is 10.6. The summed E-state index contributed by atoms with van der Waals surface area (Å²) in [4.78, 5) is 0. The molecule has 3 unspecified atom stereocenters. The number of hydrogen-bond donors (Lipinski definition) is 3. The molecule has 3 fully saturated rings. The minimum atomic E-state index is -0.202. The summed E-state index contributed by atoms with van der Waals surface area (Å²) < 4.78 is 0. The average Bonchev–Trinajstić information content (AvgIpc) is 2.83. The molecule has 4 rings (SSSR count). The molecule has 8 atom stereocenters. The van der Waals surface area contributed by atoms with Crippen molar-refractivity contribution in [3.8, 4) is 0 Å². The molecule has 3 N–H and O–H groups in total. The van der Waals surface area contributed by atoms with Crippen LogP contribution in [0.2, 0.25) is 0 Å². The molecule has 23 heavy (non-hydrogen) atoms. The quantitative estimate of drug-likeness (QED) is 0.651. The molecular formula is C20H32O3. The van der Waals surface area contributed by atoms with Crippen LogP contribution in [0.5, 0.6) is 0 Å². The van der Waals surface area contributed by atoms with Crippen LogP contribution in [-0.4, -0.2) is 34.1 Å². The molecule has 130 valence electrons. The van der Waals surface area contributed by atoms with Crippen LogP contribution in [-0.2, 0) is 0 Å². The largest absolute Gasteiger partial charge is 0.396 e. The molecule has 0 spiro atoms. The normalized spacial score (nSPS) is 55.6. The van der Waals surface area contributed by atoms with Crippen LogP contribution in [0.15, 0.2) is 11.6 Å². The van der Waals surface area contributed by atoms with E-state index in [9.17, 15) is 15.3 Å². The van der Waals surface area contributed by atoms with Gasteiger partial charge in [0.15, 0.2) is 0 Å². The van der Waals surface area contributed by atoms with Gasteiger partial charge in [0, 0.05) is 12.5 Å². The maximum absolute atomic E-state index is 10.6. The Morgan fingerprint density at radius 3 is 2.57 bits per heavy atom. The van der Waals surface area contributed by atoms with Gasteiger partial charge in [-0.2, -0.15) is 0 Å². The average molecular weight is 320 g/mol. The number of aliphatic hydroxyl groups is 3. The van der Waals surface area contributed by atoms with E-state index in [1.54, 1.807) is 0 Å². The van der Waals surface area contributed by atoms with E-state index in [1.165, 1.54) is 5.57 Å². The van der Waals surface area contributed by atoms with Crippen LogP contribution in [0.1, 0.15) is 58.8 Å². The molecule has 3 nitrogen and oxygen atoms in total. The second-order valence-corrected chi connectivity index (χ2v) is 9.28. The number of aliphatic hydroxyl groups excluding tert-OH is 3. The Morgan fingerprint density at radius 2 is 1.83 bits per heavy atom. The summed E-state index contributed by atoms with van der Waals surface area (Å²) in [7, 11) is 0. The van der Waals surface area contributed by atoms with Gasteiger partial charge in [0.25, 0.3) is 0 Å². The second kappa shape index (κ2) is 5.31. The van der Waals surface area contributed by atoms with E-state index in [2.05, 4.69) is 19.9 Å². The van der Waals surface area contributed by atoms with E-state index in [4.69, 9.17) is 0 Å². The SMILES string of the molecule is C[C@]12CC[C@H](O)CC1=C[C@H](CO)C1C2CC[C@@]2(C)C1CC[C@@H]2O. The predicted octanol–water partition coefficient (Wildman–Crippen LogP) is 2.89. The molecule has 0 radical (unpaired) electrons. The topological polar surface area (TPSA) is 60.7 Å². The van der Waals surface area contributed by atoms with E-state index >= 15 is 0 Å². The lowest BCUT2D eigenvalue weighted by Gasteiger charge is -2.59. The summed E-state index contributed by atoms with van der Waals surface area (Å²) in [6, 6.07) is 0. The lowest BCUT2D eigenvalue weighted by molar-refractivity contribution is -0.0929. The predicted molar refractivity (Wildman–Crippen MR) is 89.7 cm³/mol. The van der Waals surface area contributed by atoms with Crippen LogP contribution < -0.4 is 0 Å². The van der Waals surface area contributed by atoms with E-state index in [0.717, 1.165) is 44.9 Å². The smallest absolute Gasteiger partial charge is 0.0596 e. The zero-order valence-corrected chi connectivity index (χ0v) is 14.5. The van der Waals surface area contributed by atoms with Crippen molar-refractivity contribution in [3.63, 3.8) is 0 Å². The first-order chi connectivity index (χ1) is 10.9. The Balaban J connectivity index is 1.75. The van der Waals surface area contributed by atoms with E-state index in [0.29, 0.717) is 17.8 Å². The van der Waals surface area contributed by atoms with Gasteiger partial charge in [0.1, 0.15) is 0 Å². The number of hydrogen-bond acceptors (Lipinski definition) is 3. The molecule has 0 aliphatic heterocycles. The third-order valence-corrected chi connectivity index (χ3v) is 8.41. The summed E-state index contributed by atoms with van der Waals surface area (Å²) in [6.45, 7) is 4.90. The van der Waals surface area contributed by atoms with Crippen molar-refractivity contribution in [1.82, 2.24) is 0 Å². The van der Waals surface area contributed by atoms with Crippen molar-refractivity contribution < 1.29 is 15.3 Å². The van der Waals surface area contributed by atoms with Crippen molar-refractivity contribution in [3.05, 3.63) is 11.6 Å². The highest BCUT2D eigenvalue weighted by Crippen LogP contribution is 2.65. The van der Waals surface area contributed by atoms with Gasteiger partial charge in [0.2, 0.25) is 0 Å². The molecule has 0 bridgehead atoms. The van der Waals surface area contributed by atoms with Crippen LogP contribution >= 0.6 is 0 Å². The van der Waals surface area contributed by atoms with Gasteiger partial charge >= 0.3 is 0 Å². The summed E-state index contributed by atoms with van der Waals surface area (Å²) in [5, 5.41) is 30.7. The van der Waals surface area contributed by atoms with Gasteiger partial charge in [-0.25, -0.2) is 0 Å². The Labute approximate surface area is 139 Å². The first-order valence-corrected chi connectivity index (χ1v) is 9.58. The van der Waals surface area contributed by atoms with Gasteiger partial charge in [-0.15, -0.1) is 0 Å². The summed E-state index contributed by atoms with van der Waals surface area (Å²) in [5.74, 6) is 1.86. The van der Waals surface area contributed by atoms with Gasteiger partial charge < -0.3 is 15.3 Å². The van der Waals surface area contributed by atoms with Gasteiger partial charge in [-0.3, -0.25) is 0 Å². The molecular weight excluding hydrogens is 288 g/mol. The Morgan fingerprint density at radius 1 is 1.04 bits per heavy atom. The molecule has 3 heteroatoms. The van der Waals surface area contributed by atoms with Gasteiger partial charge in [-0.05, 0) is 73.5 Å². The van der Waals surface area contributed by atoms with Crippen LogP contribution in [0.4, 0.5) is 0 Å². The zero-order valence-electron chi connectivity index (χ0n) is 14.5. The lowest BCUT2D eigenvalue weighted by Crippen LogP contribution is -2.54. The molecule has 4 aliphatic rings. The summed E-state index contributed by atoms with van der Waals surface area (Å²) in [6.07, 6.45) is 9.04. The number of rotatable bonds is 1. The number of fused-ring (bicyclic) bond motifs is 5. The first-order valence-electron chi connectivity index (χ1n) is 9.58. The molecule has 0 aromatic carbocycles. The first kappa shape index (κ1) is 16.1. The molecule has 0 aromatic heterocycles. The maximum Gasteiger partial charge on any atom is 0.0596 e. The fourth-order valence-electron chi connectivity index (χ4n) is 6.95. The molecule has 0 saturated heterocycles. The summed E-state index contributed by atoms with van der Waals surface area (Å²) >= 11 is 0. The van der Waals surface area contributed by atoms with Crippen LogP contribution in [0, 0.1) is 34.5 Å². The fraction of sp³-hybridized carbons (Fsp3) is 0.900. The van der Waals surface area contributed by atoms with E-state index in [-0.39, 0.29) is 35.6 Å². The third-order valence-electron chi connectivity index (χ3n) is 8.41.